The highest BCUT2D eigenvalue weighted by molar-refractivity contribution is 5.57. The first-order valence-corrected chi connectivity index (χ1v) is 6.70. The molecule has 1 aromatic rings. The average Bonchev–Trinajstić information content (AvgIpc) is 2.52. The molecule has 0 aliphatic heterocycles. The normalized spacial score (nSPS) is 17.9. The molecule has 0 bridgehead atoms. The second-order valence-electron chi connectivity index (χ2n) is 5.16. The Hall–Kier alpha value is -1.51. The Morgan fingerprint density at radius 2 is 1.73 bits per heavy atom. The van der Waals surface area contributed by atoms with Gasteiger partial charge in [-0.2, -0.15) is 0 Å². The summed E-state index contributed by atoms with van der Waals surface area (Å²) in [4.78, 5) is 0. The molecule has 1 aromatic carbocycles. The first-order valence-electron chi connectivity index (χ1n) is 6.70. The van der Waals surface area contributed by atoms with Crippen molar-refractivity contribution in [3.05, 3.63) is 40.4 Å². The number of hydrogen-bond donors (Lipinski definition) is 6. The van der Waals surface area contributed by atoms with Crippen LogP contribution in [0.25, 0.3) is 6.08 Å². The van der Waals surface area contributed by atoms with E-state index in [0.29, 0.717) is 11.1 Å². The summed E-state index contributed by atoms with van der Waals surface area (Å²) in [6.07, 6.45) is -6.29. The van der Waals surface area contributed by atoms with E-state index >= 15 is 0 Å². The SMILES string of the molecule is Cc1ccc(C=C(O)C(O)C(O)C(O)C(O)CO)c(C)c1F. The van der Waals surface area contributed by atoms with E-state index in [0.717, 1.165) is 6.08 Å². The lowest BCUT2D eigenvalue weighted by Crippen LogP contribution is -2.46. The Morgan fingerprint density at radius 1 is 1.14 bits per heavy atom. The van der Waals surface area contributed by atoms with Crippen LogP contribution < -0.4 is 0 Å². The van der Waals surface area contributed by atoms with E-state index in [1.54, 1.807) is 6.92 Å². The van der Waals surface area contributed by atoms with Gasteiger partial charge in [0.2, 0.25) is 0 Å². The van der Waals surface area contributed by atoms with Gasteiger partial charge in [0.15, 0.2) is 0 Å². The van der Waals surface area contributed by atoms with E-state index in [2.05, 4.69) is 0 Å². The van der Waals surface area contributed by atoms with Gasteiger partial charge in [0.05, 0.1) is 6.61 Å². The number of hydrogen-bond acceptors (Lipinski definition) is 6. The number of aliphatic hydroxyl groups is 6. The number of aliphatic hydroxyl groups excluding tert-OH is 6. The van der Waals surface area contributed by atoms with E-state index in [1.807, 2.05) is 0 Å². The first-order chi connectivity index (χ1) is 10.2. The van der Waals surface area contributed by atoms with Crippen LogP contribution in [0.5, 0.6) is 0 Å². The standard InChI is InChI=1S/C15H21FO6/c1-7-3-4-9(8(2)12(7)16)5-10(18)13(20)15(22)14(21)11(19)6-17/h3-5,11,13-15,17-22H,6H2,1-2H3. The van der Waals surface area contributed by atoms with Crippen molar-refractivity contribution < 1.29 is 35.0 Å². The topological polar surface area (TPSA) is 121 Å². The van der Waals surface area contributed by atoms with Gasteiger partial charge in [-0.05, 0) is 36.6 Å². The highest BCUT2D eigenvalue weighted by Gasteiger charge is 2.32. The first kappa shape index (κ1) is 18.5. The molecule has 6 N–H and O–H groups in total. The third-order valence-corrected chi connectivity index (χ3v) is 3.48. The van der Waals surface area contributed by atoms with E-state index in [4.69, 9.17) is 5.11 Å². The van der Waals surface area contributed by atoms with Crippen LogP contribution in [0, 0.1) is 19.7 Å². The van der Waals surface area contributed by atoms with E-state index in [1.165, 1.54) is 19.1 Å². The van der Waals surface area contributed by atoms with E-state index < -0.39 is 42.6 Å². The quantitative estimate of drug-likeness (QED) is 0.404. The van der Waals surface area contributed by atoms with Gasteiger partial charge in [-0.15, -0.1) is 0 Å². The van der Waals surface area contributed by atoms with Crippen LogP contribution in [0.4, 0.5) is 4.39 Å². The Morgan fingerprint density at radius 3 is 2.27 bits per heavy atom. The van der Waals surface area contributed by atoms with Crippen molar-refractivity contribution in [1.82, 2.24) is 0 Å². The Balaban J connectivity index is 2.99. The average molecular weight is 316 g/mol. The summed E-state index contributed by atoms with van der Waals surface area (Å²) < 4.78 is 13.8. The number of rotatable bonds is 6. The second-order valence-corrected chi connectivity index (χ2v) is 5.16. The maximum atomic E-state index is 13.8. The molecule has 0 fully saturated rings. The number of aryl methyl sites for hydroxylation is 1. The number of halogens is 1. The maximum Gasteiger partial charge on any atom is 0.139 e. The zero-order chi connectivity index (χ0) is 17.0. The van der Waals surface area contributed by atoms with Crippen LogP contribution in [0.2, 0.25) is 0 Å². The number of benzene rings is 1. The van der Waals surface area contributed by atoms with Gasteiger partial charge in [0.1, 0.15) is 36.0 Å². The fourth-order valence-corrected chi connectivity index (χ4v) is 1.93. The van der Waals surface area contributed by atoms with Crippen LogP contribution >= 0.6 is 0 Å². The molecule has 0 saturated carbocycles. The minimum atomic E-state index is -1.92. The lowest BCUT2D eigenvalue weighted by Gasteiger charge is -2.25. The monoisotopic (exact) mass is 316 g/mol. The highest BCUT2D eigenvalue weighted by atomic mass is 19.1. The van der Waals surface area contributed by atoms with Crippen molar-refractivity contribution in [1.29, 1.82) is 0 Å². The van der Waals surface area contributed by atoms with Gasteiger partial charge in [0.25, 0.3) is 0 Å². The Labute approximate surface area is 127 Å². The molecule has 0 aliphatic rings. The van der Waals surface area contributed by atoms with Crippen LogP contribution in [0.1, 0.15) is 16.7 Å². The van der Waals surface area contributed by atoms with Crippen molar-refractivity contribution in [2.45, 2.75) is 38.3 Å². The van der Waals surface area contributed by atoms with Crippen molar-refractivity contribution >= 4 is 6.08 Å². The molecule has 0 radical (unpaired) electrons. The lowest BCUT2D eigenvalue weighted by atomic mass is 9.99. The van der Waals surface area contributed by atoms with Crippen LogP contribution in [-0.2, 0) is 0 Å². The van der Waals surface area contributed by atoms with Gasteiger partial charge in [-0.3, -0.25) is 0 Å². The zero-order valence-electron chi connectivity index (χ0n) is 12.3. The molecule has 6 nitrogen and oxygen atoms in total. The molecule has 0 heterocycles. The molecule has 4 unspecified atom stereocenters. The molecule has 124 valence electrons. The lowest BCUT2D eigenvalue weighted by molar-refractivity contribution is -0.112. The molecule has 0 amide bonds. The molecule has 0 saturated heterocycles. The summed E-state index contributed by atoms with van der Waals surface area (Å²) in [7, 11) is 0. The molecule has 1 rings (SSSR count). The van der Waals surface area contributed by atoms with Crippen LogP contribution in [0.15, 0.2) is 17.9 Å². The van der Waals surface area contributed by atoms with Crippen LogP contribution in [0.3, 0.4) is 0 Å². The van der Waals surface area contributed by atoms with Crippen molar-refractivity contribution in [3.8, 4) is 0 Å². The van der Waals surface area contributed by atoms with Crippen molar-refractivity contribution in [3.63, 3.8) is 0 Å². The molecule has 0 spiro atoms. The van der Waals surface area contributed by atoms with Gasteiger partial charge < -0.3 is 30.6 Å². The highest BCUT2D eigenvalue weighted by Crippen LogP contribution is 2.20. The fourth-order valence-electron chi connectivity index (χ4n) is 1.93. The minimum Gasteiger partial charge on any atom is -0.509 e. The van der Waals surface area contributed by atoms with Gasteiger partial charge in [0, 0.05) is 0 Å². The third kappa shape index (κ3) is 4.02. The van der Waals surface area contributed by atoms with Gasteiger partial charge in [-0.25, -0.2) is 4.39 Å². The maximum absolute atomic E-state index is 13.8. The molecule has 7 heteroatoms. The summed E-state index contributed by atoms with van der Waals surface area (Å²) in [5.74, 6) is -1.16. The predicted octanol–water partition coefficient (Wildman–Crippen LogP) is -0.223. The molecule has 4 atom stereocenters. The van der Waals surface area contributed by atoms with Crippen molar-refractivity contribution in [2.75, 3.05) is 6.61 Å². The molecule has 0 aliphatic carbocycles. The summed E-state index contributed by atoms with van der Waals surface area (Å²) in [5.41, 5.74) is 0.976. The largest absolute Gasteiger partial charge is 0.509 e. The van der Waals surface area contributed by atoms with Gasteiger partial charge in [-0.1, -0.05) is 12.1 Å². The Kier molecular flexibility index (Phi) is 6.46. The molecular weight excluding hydrogens is 295 g/mol. The fraction of sp³-hybridized carbons (Fsp3) is 0.467. The molecule has 22 heavy (non-hydrogen) atoms. The summed E-state index contributed by atoms with van der Waals surface area (Å²) >= 11 is 0. The second kappa shape index (κ2) is 7.66. The molecular formula is C15H21FO6. The third-order valence-electron chi connectivity index (χ3n) is 3.48. The van der Waals surface area contributed by atoms with Gasteiger partial charge >= 0.3 is 0 Å². The van der Waals surface area contributed by atoms with E-state index in [-0.39, 0.29) is 5.56 Å². The zero-order valence-corrected chi connectivity index (χ0v) is 12.3. The van der Waals surface area contributed by atoms with Crippen molar-refractivity contribution in [2.24, 2.45) is 0 Å². The Bertz CT molecular complexity index is 545. The van der Waals surface area contributed by atoms with Crippen LogP contribution in [-0.4, -0.2) is 61.7 Å². The summed E-state index contributed by atoms with van der Waals surface area (Å²) in [5, 5.41) is 56.6. The summed E-state index contributed by atoms with van der Waals surface area (Å²) in [6, 6.07) is 3.02. The summed E-state index contributed by atoms with van der Waals surface area (Å²) in [6.45, 7) is 2.26. The minimum absolute atomic E-state index is 0.254. The predicted molar refractivity (Wildman–Crippen MR) is 77.6 cm³/mol. The molecule has 0 aromatic heterocycles. The smallest absolute Gasteiger partial charge is 0.139 e. The van der Waals surface area contributed by atoms with E-state index in [9.17, 15) is 29.9 Å².